The molecular formula is C114H134F4N24O8. The van der Waals surface area contributed by atoms with E-state index >= 15 is 0 Å². The van der Waals surface area contributed by atoms with Crippen LogP contribution in [0.5, 0.6) is 0 Å². The lowest BCUT2D eigenvalue weighted by molar-refractivity contribution is -0.142. The lowest BCUT2D eigenvalue weighted by atomic mass is 9.73. The van der Waals surface area contributed by atoms with Crippen molar-refractivity contribution >= 4 is 114 Å². The highest BCUT2D eigenvalue weighted by atomic mass is 19.1. The van der Waals surface area contributed by atoms with E-state index < -0.39 is 52.0 Å². The number of ether oxygens (including phenoxy) is 1. The number of pyridine rings is 6. The number of aromatic nitrogens is 12. The van der Waals surface area contributed by atoms with Gasteiger partial charge in [0.15, 0.2) is 29.1 Å². The number of benzene rings is 3. The molecule has 150 heavy (non-hydrogen) atoms. The molecule has 5 amide bonds. The van der Waals surface area contributed by atoms with Crippen molar-refractivity contribution in [3.05, 3.63) is 181 Å². The summed E-state index contributed by atoms with van der Waals surface area (Å²) in [4.78, 5) is 130. The number of carbonyl (C=O) groups excluding carboxylic acids is 5. The number of hydrogen-bond donors (Lipinski definition) is 5. The van der Waals surface area contributed by atoms with Crippen molar-refractivity contribution in [1.82, 2.24) is 88.0 Å². The van der Waals surface area contributed by atoms with Crippen LogP contribution in [0.15, 0.2) is 141 Å². The Kier molecular flexibility index (Phi) is 27.2. The molecule has 36 heteroatoms. The van der Waals surface area contributed by atoms with Crippen molar-refractivity contribution < 1.29 is 56.5 Å². The summed E-state index contributed by atoms with van der Waals surface area (Å²) in [6, 6.07) is 32.8. The van der Waals surface area contributed by atoms with Gasteiger partial charge in [-0.3, -0.25) is 38.8 Å². The van der Waals surface area contributed by atoms with Crippen LogP contribution in [0.3, 0.4) is 0 Å². The van der Waals surface area contributed by atoms with E-state index in [1.54, 1.807) is 40.8 Å². The van der Waals surface area contributed by atoms with Gasteiger partial charge in [0, 0.05) is 127 Å². The summed E-state index contributed by atoms with van der Waals surface area (Å²) in [7, 11) is 0. The molecule has 3 saturated carbocycles. The number of anilines is 9. The quantitative estimate of drug-likeness (QED) is 0.0329. The lowest BCUT2D eigenvalue weighted by Gasteiger charge is -2.48. The van der Waals surface area contributed by atoms with Gasteiger partial charge in [0.25, 0.3) is 11.8 Å². The predicted molar refractivity (Wildman–Crippen MR) is 567 cm³/mol. The summed E-state index contributed by atoms with van der Waals surface area (Å²) >= 11 is 0. The second-order valence-electron chi connectivity index (χ2n) is 44.8. The van der Waals surface area contributed by atoms with Gasteiger partial charge in [-0.1, -0.05) is 55.7 Å². The summed E-state index contributed by atoms with van der Waals surface area (Å²) in [5.74, 6) is -1.58. The normalized spacial score (nSPS) is 23.2. The van der Waals surface area contributed by atoms with Gasteiger partial charge in [0.05, 0.1) is 118 Å². The summed E-state index contributed by atoms with van der Waals surface area (Å²) in [6.45, 7) is 27.2. The van der Waals surface area contributed by atoms with E-state index in [0.29, 0.717) is 122 Å². The Morgan fingerprint density at radius 2 is 0.693 bits per heavy atom. The zero-order valence-electron chi connectivity index (χ0n) is 86.7. The van der Waals surface area contributed by atoms with Crippen LogP contribution < -0.4 is 30.7 Å². The third-order valence-electron chi connectivity index (χ3n) is 35.0. The van der Waals surface area contributed by atoms with Crippen molar-refractivity contribution in [2.24, 2.45) is 0 Å². The number of likely N-dealkylation sites (tertiary alicyclic amines) is 6. The Morgan fingerprint density at radius 3 is 0.993 bits per heavy atom. The van der Waals surface area contributed by atoms with Crippen molar-refractivity contribution in [3.8, 4) is 33.8 Å². The molecule has 25 rings (SSSR count). The number of carbonyl (C=O) groups is 5. The standard InChI is InChI=1S/C38H44F2N8O3.C38H45FN8O3.C38H45FN8O2/c1-22(2)47-21-41-30-20-29(43-35(33(30)47)42-28-9-10-32(39)44-34(28)40)24-7-8-27-31(17-24)48(26-18-25(19-26)45-13-5-4-6-14-45)37(51)38(27)11-15-46(16-12-38)36(50)23(3)49;1-23(2)46-22-41-32-20-31(43-35(34(32)46)42-30-9-12-40-21-29(30)39)25-7-8-28-33(17-25)47(27-18-26(19-27)44-13-5-4-6-14-44)37(50)38(28)10-15-45(16-11-38)36(49)24(3)48;1-24(2)46-23-41-33-19-32(43-36(35(33)46)42-31-8-11-40-20-30(31)39)25-6-7-29-34(16-25)47(27-17-26(18-27)44-12-4-3-5-13-44)37(48)38(29)9-14-45(15-10-38)28-21-49-22-28/h7-10,17,20-23,25-26,49H,4-6,11-16,18-19H2,1-3H3,(H,42,43);7-9,12,17,20-24,26-27,48H,4-6,10-11,13-16,18-19H2,1-3H3,(H,40,42,43);6-8,11,16,19-20,23-24,26-28H,3-5,9-10,12-15,17-18,21-22H2,1-2H3,(H,40,42,43)/t23-,25?,26?;24-,26?,27?;/m11./s1. The van der Waals surface area contributed by atoms with E-state index in [0.717, 1.165) is 188 Å². The largest absolute Gasteiger partial charge is 0.384 e. The third kappa shape index (κ3) is 18.1. The first-order valence-electron chi connectivity index (χ1n) is 54.5. The minimum Gasteiger partial charge on any atom is -0.384 e. The van der Waals surface area contributed by atoms with Gasteiger partial charge in [-0.25, -0.2) is 38.7 Å². The number of nitrogens with one attached hydrogen (secondary N) is 3. The van der Waals surface area contributed by atoms with Crippen molar-refractivity contribution in [2.45, 2.75) is 279 Å². The summed E-state index contributed by atoms with van der Waals surface area (Å²) < 4.78 is 69.6. The molecule has 3 spiro atoms. The molecule has 0 unspecified atom stereocenters. The number of piperidine rings is 6. The second kappa shape index (κ2) is 40.7. The molecule has 3 aromatic carbocycles. The molecule has 2 atom stereocenters. The molecule has 10 aliphatic heterocycles. The molecule has 786 valence electrons. The summed E-state index contributed by atoms with van der Waals surface area (Å²) in [6.07, 6.45) is 29.4. The van der Waals surface area contributed by atoms with E-state index in [-0.39, 0.29) is 77.2 Å². The number of rotatable bonds is 21. The van der Waals surface area contributed by atoms with E-state index in [2.05, 4.69) is 128 Å². The molecule has 0 radical (unpaired) electrons. The Labute approximate surface area is 870 Å². The maximum Gasteiger partial charge on any atom is 0.251 e. The number of imidazole rings is 3. The predicted octanol–water partition coefficient (Wildman–Crippen LogP) is 17.3. The van der Waals surface area contributed by atoms with Crippen LogP contribution >= 0.6 is 0 Å². The maximum atomic E-state index is 14.8. The van der Waals surface area contributed by atoms with Crippen LogP contribution in [0.1, 0.15) is 225 Å². The van der Waals surface area contributed by atoms with Crippen molar-refractivity contribution in [2.75, 3.05) is 122 Å². The van der Waals surface area contributed by atoms with Crippen LogP contribution in [0.4, 0.5) is 69.1 Å². The van der Waals surface area contributed by atoms with E-state index in [1.807, 2.05) is 76.7 Å². The van der Waals surface area contributed by atoms with Gasteiger partial charge in [0.1, 0.15) is 28.8 Å². The van der Waals surface area contributed by atoms with Gasteiger partial charge < -0.3 is 83.8 Å². The van der Waals surface area contributed by atoms with Gasteiger partial charge in [-0.15, -0.1) is 0 Å². The summed E-state index contributed by atoms with van der Waals surface area (Å²) in [5, 5.41) is 29.4. The SMILES string of the molecule is CC(C)n1cnc2cc(-c3ccc4c(c3)N(C3CC(N5CCCCC5)C3)C(=O)C43CCN(C(=O)[C@@H](C)O)CC3)nc(Nc3ccc(F)nc3F)c21.CC(C)n1cnc2cc(-c3ccc4c(c3)N(C3CC(N5CCCCC5)C3)C(=O)C43CCN(C(=O)[C@@H](C)O)CC3)nc(Nc3ccncc3F)c21.CC(C)n1cnc2cc(-c3ccc4c(c3)N(C3CC(N5CCCCC5)C3)C(=O)C43CCN(C4COC4)CC3)nc(Nc3ccncc3F)c21. The molecule has 5 N–H and O–H groups in total. The van der Waals surface area contributed by atoms with Gasteiger partial charge in [-0.2, -0.15) is 13.8 Å². The summed E-state index contributed by atoms with van der Waals surface area (Å²) in [5.41, 5.74) is 13.4. The molecule has 13 aliphatic rings. The highest BCUT2D eigenvalue weighted by Gasteiger charge is 2.60. The number of aliphatic hydroxyl groups is 2. The lowest BCUT2D eigenvalue weighted by Crippen LogP contribution is -2.59. The Bertz CT molecular complexity index is 7150. The zero-order chi connectivity index (χ0) is 104. The molecule has 10 fully saturated rings. The third-order valence-corrected chi connectivity index (χ3v) is 35.0. The highest BCUT2D eigenvalue weighted by Crippen LogP contribution is 2.58. The smallest absolute Gasteiger partial charge is 0.251 e. The fourth-order valence-corrected chi connectivity index (χ4v) is 26.2. The number of fused-ring (bicyclic) bond motifs is 9. The number of nitrogens with zero attached hydrogens (tertiary/aromatic N) is 21. The average Bonchev–Trinajstić information content (AvgIpc) is 1.56. The number of hydrogen-bond acceptors (Lipinski definition) is 24. The van der Waals surface area contributed by atoms with Gasteiger partial charge >= 0.3 is 0 Å². The number of halogens is 4. The second-order valence-corrected chi connectivity index (χ2v) is 44.8. The first-order valence-corrected chi connectivity index (χ1v) is 54.5. The van der Waals surface area contributed by atoms with E-state index in [1.165, 1.54) is 109 Å². The molecule has 0 bridgehead atoms. The van der Waals surface area contributed by atoms with Crippen LogP contribution in [0.25, 0.3) is 66.9 Å². The molecular weight excluding hydrogens is 1910 g/mol. The topological polar surface area (TPSA) is 331 Å². The highest BCUT2D eigenvalue weighted by molar-refractivity contribution is 6.12. The minimum absolute atomic E-state index is 0.0137. The van der Waals surface area contributed by atoms with Crippen molar-refractivity contribution in [1.29, 1.82) is 0 Å². The monoisotopic (exact) mass is 2040 g/mol. The first kappa shape index (κ1) is 100. The average molecular weight is 2040 g/mol. The molecule has 32 nitrogen and oxygen atoms in total. The fourth-order valence-electron chi connectivity index (χ4n) is 26.2. The fraction of sp³-hybridized carbons (Fsp3) is 0.509. The van der Waals surface area contributed by atoms with Crippen LogP contribution in [-0.2, 0) is 45.0 Å². The number of amides is 5. The molecule has 12 aromatic rings. The Morgan fingerprint density at radius 1 is 0.373 bits per heavy atom. The van der Waals surface area contributed by atoms with Crippen molar-refractivity contribution in [3.63, 3.8) is 0 Å². The van der Waals surface area contributed by atoms with Crippen LogP contribution in [0.2, 0.25) is 0 Å². The molecule has 9 aromatic heterocycles. The zero-order valence-corrected chi connectivity index (χ0v) is 86.7. The van der Waals surface area contributed by atoms with E-state index in [4.69, 9.17) is 29.7 Å². The number of aliphatic hydroxyl groups excluding tert-OH is 2. The molecule has 19 heterocycles. The van der Waals surface area contributed by atoms with Crippen LogP contribution in [-0.4, -0.2) is 274 Å². The molecule has 3 aliphatic carbocycles. The Hall–Kier alpha value is -12.8. The Balaban J connectivity index is 0.000000123. The van der Waals surface area contributed by atoms with Gasteiger partial charge in [-0.05, 0) is 301 Å². The minimum atomic E-state index is -1.08. The maximum absolute atomic E-state index is 14.8. The molecule has 7 saturated heterocycles. The van der Waals surface area contributed by atoms with E-state index in [9.17, 15) is 51.7 Å². The van der Waals surface area contributed by atoms with Crippen LogP contribution in [0, 0.1) is 23.5 Å². The van der Waals surface area contributed by atoms with Gasteiger partial charge in [0.2, 0.25) is 29.6 Å². The first-order chi connectivity index (χ1) is 72.6.